The molecule has 0 radical (unpaired) electrons. The van der Waals surface area contributed by atoms with E-state index in [1.54, 1.807) is 6.92 Å². The van der Waals surface area contributed by atoms with Crippen molar-refractivity contribution in [2.45, 2.75) is 13.0 Å². The Morgan fingerprint density at radius 2 is 1.90 bits per heavy atom. The Morgan fingerprint density at radius 1 is 1.19 bits per heavy atom. The van der Waals surface area contributed by atoms with Crippen molar-refractivity contribution in [2.75, 3.05) is 11.1 Å². The van der Waals surface area contributed by atoms with E-state index >= 15 is 0 Å². The van der Waals surface area contributed by atoms with E-state index in [2.05, 4.69) is 20.4 Å². The number of anilines is 2. The van der Waals surface area contributed by atoms with E-state index in [-0.39, 0.29) is 32.8 Å². The van der Waals surface area contributed by atoms with E-state index in [1.807, 2.05) is 0 Å². The molecule has 2 aromatic heterocycles. The zero-order valence-electron chi connectivity index (χ0n) is 16.0. The molecule has 0 bridgehead atoms. The molecular weight excluding hydrogens is 446 g/mol. The smallest absolute Gasteiger partial charge is 0.257 e. The van der Waals surface area contributed by atoms with Gasteiger partial charge in [-0.2, -0.15) is 5.10 Å². The molecule has 0 aliphatic rings. The Morgan fingerprint density at radius 3 is 2.58 bits per heavy atom. The number of nitrogens with zero attached hydrogens (tertiary/aromatic N) is 4. The molecule has 2 aromatic carbocycles. The fourth-order valence-electron chi connectivity index (χ4n) is 3.14. The largest absolute Gasteiger partial charge is 0.382 e. The van der Waals surface area contributed by atoms with Crippen LogP contribution in [0.2, 0.25) is 10.0 Å². The highest BCUT2D eigenvalue weighted by Crippen LogP contribution is 2.27. The van der Waals surface area contributed by atoms with Crippen molar-refractivity contribution >= 4 is 51.6 Å². The lowest BCUT2D eigenvalue weighted by Crippen LogP contribution is -2.21. The Balaban J connectivity index is 1.62. The lowest BCUT2D eigenvalue weighted by atomic mass is 10.1. The first-order valence-corrected chi connectivity index (χ1v) is 9.71. The van der Waals surface area contributed by atoms with E-state index in [9.17, 15) is 14.3 Å². The van der Waals surface area contributed by atoms with Crippen LogP contribution < -0.4 is 11.1 Å². The van der Waals surface area contributed by atoms with Crippen LogP contribution in [0.3, 0.4) is 0 Å². The lowest BCUT2D eigenvalue weighted by Gasteiger charge is -2.13. The Labute approximate surface area is 185 Å². The molecule has 158 valence electrons. The molecule has 0 aliphatic heterocycles. The third kappa shape index (κ3) is 4.02. The highest BCUT2D eigenvalue weighted by atomic mass is 35.5. The fourth-order valence-corrected chi connectivity index (χ4v) is 3.68. The number of nitrogens with two attached hydrogens (primary N) is 1. The quantitative estimate of drug-likeness (QED) is 0.425. The molecule has 0 saturated heterocycles. The number of hydrogen-bond acceptors (Lipinski definition) is 6. The third-order valence-corrected chi connectivity index (χ3v) is 4.98. The van der Waals surface area contributed by atoms with E-state index in [4.69, 9.17) is 28.9 Å². The summed E-state index contributed by atoms with van der Waals surface area (Å²) in [5, 5.41) is 17.6. The third-order valence-electron chi connectivity index (χ3n) is 4.55. The average molecular weight is 461 g/mol. The van der Waals surface area contributed by atoms with Crippen molar-refractivity contribution in [3.05, 3.63) is 69.8 Å². The maximum absolute atomic E-state index is 14.9. The molecule has 0 aliphatic carbocycles. The first kappa shape index (κ1) is 21.0. The minimum Gasteiger partial charge on any atom is -0.382 e. The standard InChI is InChI=1S/C20H15Cl2FN6O2/c1-9-16-17(19(24)26-8-25-16)29(28-9)15-3-2-13(7-14(15)23)27-20(31)18(30)10-4-11(21)6-12(22)5-10/h2-8,18,30H,1H3,(H,27,31)(H2,24,25,26). The molecule has 2 heterocycles. The minimum atomic E-state index is -1.55. The van der Waals surface area contributed by atoms with Crippen LogP contribution in [0.5, 0.6) is 0 Å². The van der Waals surface area contributed by atoms with Crippen molar-refractivity contribution in [3.63, 3.8) is 0 Å². The summed E-state index contributed by atoms with van der Waals surface area (Å²) in [6.07, 6.45) is -0.238. The zero-order chi connectivity index (χ0) is 22.3. The average Bonchev–Trinajstić information content (AvgIpc) is 3.04. The van der Waals surface area contributed by atoms with Gasteiger partial charge in [0.1, 0.15) is 23.0 Å². The van der Waals surface area contributed by atoms with Gasteiger partial charge in [-0.15, -0.1) is 0 Å². The van der Waals surface area contributed by atoms with Crippen molar-refractivity contribution in [1.82, 2.24) is 19.7 Å². The topological polar surface area (TPSA) is 119 Å². The molecule has 11 heteroatoms. The van der Waals surface area contributed by atoms with Crippen LogP contribution in [0, 0.1) is 12.7 Å². The minimum absolute atomic E-state index is 0.0970. The van der Waals surface area contributed by atoms with Crippen molar-refractivity contribution in [1.29, 1.82) is 0 Å². The predicted molar refractivity (Wildman–Crippen MR) is 116 cm³/mol. The molecule has 4 rings (SSSR count). The van der Waals surface area contributed by atoms with Crippen molar-refractivity contribution in [3.8, 4) is 5.69 Å². The Bertz CT molecular complexity index is 1310. The number of carbonyl (C=O) groups excluding carboxylic acids is 1. The Kier molecular flexibility index (Phi) is 5.48. The second-order valence-corrected chi connectivity index (χ2v) is 7.59. The summed E-state index contributed by atoms with van der Waals surface area (Å²) in [5.74, 6) is -1.29. The molecule has 1 atom stereocenters. The summed E-state index contributed by atoms with van der Waals surface area (Å²) in [7, 11) is 0. The number of hydrogen-bond donors (Lipinski definition) is 3. The maximum Gasteiger partial charge on any atom is 0.257 e. The number of amides is 1. The number of aromatic nitrogens is 4. The summed E-state index contributed by atoms with van der Waals surface area (Å²) < 4.78 is 16.2. The number of halogens is 3. The number of carbonyl (C=O) groups is 1. The number of nitrogens with one attached hydrogen (secondary N) is 1. The lowest BCUT2D eigenvalue weighted by molar-refractivity contribution is -0.124. The molecule has 1 amide bonds. The van der Waals surface area contributed by atoms with Crippen LogP contribution in [0.15, 0.2) is 42.7 Å². The van der Waals surface area contributed by atoms with E-state index in [1.165, 1.54) is 41.3 Å². The van der Waals surface area contributed by atoms with Crippen molar-refractivity contribution < 1.29 is 14.3 Å². The number of rotatable bonds is 4. The van der Waals surface area contributed by atoms with Crippen molar-refractivity contribution in [2.24, 2.45) is 0 Å². The highest BCUT2D eigenvalue weighted by Gasteiger charge is 2.20. The van der Waals surface area contributed by atoms with Crippen LogP contribution in [0.25, 0.3) is 16.7 Å². The van der Waals surface area contributed by atoms with Crippen LogP contribution in [0.1, 0.15) is 17.4 Å². The molecule has 8 nitrogen and oxygen atoms in total. The maximum atomic E-state index is 14.9. The van der Waals surface area contributed by atoms with E-state index in [0.29, 0.717) is 16.7 Å². The number of nitrogen functional groups attached to an aromatic ring is 1. The van der Waals surface area contributed by atoms with Crippen LogP contribution in [-0.2, 0) is 4.79 Å². The number of aliphatic hydroxyl groups is 1. The van der Waals surface area contributed by atoms with Gasteiger partial charge in [-0.05, 0) is 48.9 Å². The first-order valence-electron chi connectivity index (χ1n) is 8.95. The van der Waals surface area contributed by atoms with Gasteiger partial charge < -0.3 is 16.2 Å². The van der Waals surface area contributed by atoms with Crippen LogP contribution in [-0.4, -0.2) is 30.8 Å². The molecule has 0 saturated carbocycles. The van der Waals surface area contributed by atoms with Crippen LogP contribution >= 0.6 is 23.2 Å². The predicted octanol–water partition coefficient (Wildman–Crippen LogP) is 3.82. The van der Waals surface area contributed by atoms with Gasteiger partial charge in [0.05, 0.1) is 5.69 Å². The van der Waals surface area contributed by atoms with E-state index in [0.717, 1.165) is 6.07 Å². The molecule has 4 N–H and O–H groups in total. The fraction of sp³-hybridized carbons (Fsp3) is 0.100. The molecule has 0 fully saturated rings. The number of fused-ring (bicyclic) bond motifs is 1. The second-order valence-electron chi connectivity index (χ2n) is 6.71. The molecule has 4 aromatic rings. The van der Waals surface area contributed by atoms with Gasteiger partial charge in [-0.3, -0.25) is 4.79 Å². The molecule has 0 spiro atoms. The van der Waals surface area contributed by atoms with Gasteiger partial charge in [0.25, 0.3) is 5.91 Å². The van der Waals surface area contributed by atoms with Gasteiger partial charge >= 0.3 is 0 Å². The molecule has 1 unspecified atom stereocenters. The summed E-state index contributed by atoms with van der Waals surface area (Å²) >= 11 is 11.8. The van der Waals surface area contributed by atoms with E-state index < -0.39 is 17.8 Å². The molecule has 31 heavy (non-hydrogen) atoms. The Hall–Kier alpha value is -3.27. The summed E-state index contributed by atoms with van der Waals surface area (Å²) in [4.78, 5) is 20.5. The number of benzene rings is 2. The normalized spacial score (nSPS) is 12.2. The number of aryl methyl sites for hydroxylation is 1. The molecular formula is C20H15Cl2FN6O2. The van der Waals surface area contributed by atoms with Gasteiger partial charge in [0.15, 0.2) is 17.7 Å². The SMILES string of the molecule is Cc1nn(-c2ccc(NC(=O)C(O)c3cc(Cl)cc(Cl)c3)cc2F)c2c(N)ncnc12. The second kappa shape index (κ2) is 8.10. The summed E-state index contributed by atoms with van der Waals surface area (Å²) in [5.41, 5.74) is 7.81. The number of aliphatic hydroxyl groups excluding tert-OH is 1. The van der Waals surface area contributed by atoms with Crippen LogP contribution in [0.4, 0.5) is 15.9 Å². The monoisotopic (exact) mass is 460 g/mol. The van der Waals surface area contributed by atoms with Gasteiger partial charge in [-0.25, -0.2) is 19.0 Å². The highest BCUT2D eigenvalue weighted by molar-refractivity contribution is 6.34. The summed E-state index contributed by atoms with van der Waals surface area (Å²) in [6, 6.07) is 8.30. The van der Waals surface area contributed by atoms with Gasteiger partial charge in [-0.1, -0.05) is 23.2 Å². The van der Waals surface area contributed by atoms with Gasteiger partial charge in [0, 0.05) is 15.7 Å². The summed E-state index contributed by atoms with van der Waals surface area (Å²) in [6.45, 7) is 1.72. The van der Waals surface area contributed by atoms with Gasteiger partial charge in [0.2, 0.25) is 0 Å². The zero-order valence-corrected chi connectivity index (χ0v) is 17.5. The first-order chi connectivity index (χ1) is 14.7.